The first kappa shape index (κ1) is 42.6. The lowest BCUT2D eigenvalue weighted by Gasteiger charge is -2.59. The topological polar surface area (TPSA) is 136 Å². The van der Waals surface area contributed by atoms with E-state index in [2.05, 4.69) is 12.7 Å². The van der Waals surface area contributed by atoms with Crippen LogP contribution in [-0.4, -0.2) is 78.1 Å². The smallest absolute Gasteiger partial charge is 0.410 e. The van der Waals surface area contributed by atoms with E-state index in [0.29, 0.717) is 53.5 Å². The summed E-state index contributed by atoms with van der Waals surface area (Å²) in [5, 5.41) is 24.5. The Kier molecular flexibility index (Phi) is 14.7. The van der Waals surface area contributed by atoms with Crippen LogP contribution >= 0.6 is 0 Å². The Labute approximate surface area is 340 Å². The zero-order chi connectivity index (χ0) is 41.1. The fraction of sp³-hybridized carbons (Fsp3) is 0.457. The normalized spacial score (nSPS) is 23.8. The van der Waals surface area contributed by atoms with E-state index in [0.717, 1.165) is 43.1 Å². The molecule has 12 heteroatoms. The second-order valence-corrected chi connectivity index (χ2v) is 14.9. The van der Waals surface area contributed by atoms with Crippen LogP contribution in [-0.2, 0) is 20.9 Å². The molecule has 0 saturated heterocycles. The molecule has 3 aromatic rings. The predicted molar refractivity (Wildman–Crippen MR) is 217 cm³/mol. The molecule has 3 aliphatic rings. The van der Waals surface area contributed by atoms with Crippen molar-refractivity contribution in [3.8, 4) is 17.2 Å². The summed E-state index contributed by atoms with van der Waals surface area (Å²) in [6.07, 6.45) is 8.70. The van der Waals surface area contributed by atoms with Crippen molar-refractivity contribution in [2.45, 2.75) is 83.1 Å². The highest BCUT2D eigenvalue weighted by Gasteiger charge is 2.65. The van der Waals surface area contributed by atoms with Crippen LogP contribution < -0.4 is 9.47 Å². The van der Waals surface area contributed by atoms with Crippen LogP contribution in [0.2, 0.25) is 0 Å². The molecule has 2 aliphatic carbocycles. The van der Waals surface area contributed by atoms with E-state index < -0.39 is 29.7 Å². The average Bonchev–Trinajstić information content (AvgIpc) is 3.23. The zero-order valence-electron chi connectivity index (χ0n) is 33.4. The molecular weight excluding hydrogens is 744 g/mol. The van der Waals surface area contributed by atoms with Gasteiger partial charge >= 0.3 is 6.09 Å². The van der Waals surface area contributed by atoms with Gasteiger partial charge in [0.15, 0.2) is 0 Å². The zero-order valence-corrected chi connectivity index (χ0v) is 33.4. The summed E-state index contributed by atoms with van der Waals surface area (Å²) in [6, 6.07) is 17.8. The average molecular weight is 799 g/mol. The molecule has 6 rings (SSSR count). The number of amides is 1. The van der Waals surface area contributed by atoms with Gasteiger partial charge in [0.05, 0.1) is 24.8 Å². The molecule has 1 fully saturated rings. The number of ether oxygens (including phenoxy) is 4. The molecule has 58 heavy (non-hydrogen) atoms. The van der Waals surface area contributed by atoms with Gasteiger partial charge in [-0.1, -0.05) is 54.4 Å². The summed E-state index contributed by atoms with van der Waals surface area (Å²) >= 11 is 0. The molecule has 3 aromatic carbocycles. The minimum atomic E-state index is -1.50. The maximum atomic E-state index is 14.2. The largest absolute Gasteiger partial charge is 0.459 e. The molecule has 1 aliphatic heterocycles. The van der Waals surface area contributed by atoms with Crippen LogP contribution in [0, 0.1) is 23.6 Å². The molecule has 310 valence electrons. The van der Waals surface area contributed by atoms with Crippen LogP contribution in [0.3, 0.4) is 0 Å². The monoisotopic (exact) mass is 798 g/mol. The van der Waals surface area contributed by atoms with Crippen LogP contribution in [0.25, 0.3) is 0 Å². The number of benzene rings is 3. The maximum absolute atomic E-state index is 14.2. The summed E-state index contributed by atoms with van der Waals surface area (Å²) in [5.74, 6) is -1.05. The number of nitrogens with zero attached hydrogens (tertiary/aromatic N) is 2. The Morgan fingerprint density at radius 3 is 2.47 bits per heavy atom. The molecule has 6 atom stereocenters. The first-order valence-electron chi connectivity index (χ1n) is 20.4. The van der Waals surface area contributed by atoms with E-state index in [-0.39, 0.29) is 57.1 Å². The number of hydrogen-bond acceptors (Lipinski definition) is 10. The molecule has 0 bridgehead atoms. The molecule has 0 spiro atoms. The number of halogens is 1. The lowest BCUT2D eigenvalue weighted by molar-refractivity contribution is -0.256. The van der Waals surface area contributed by atoms with Crippen LogP contribution in [0.15, 0.2) is 96.2 Å². The third kappa shape index (κ3) is 9.30. The first-order chi connectivity index (χ1) is 28.3. The number of carbonyl (C=O) groups excluding carboxylic acids is 2. The molecule has 0 aromatic heterocycles. The van der Waals surface area contributed by atoms with Gasteiger partial charge in [0.2, 0.25) is 5.79 Å². The Balaban J connectivity index is 1.60. The summed E-state index contributed by atoms with van der Waals surface area (Å²) in [6.45, 7) is 8.33. The standard InChI is InChI=1S/C46H55FN2O9/c1-4-24-55-46-42(49(45(53)54-5-2)29-31-16-18-34(47)19-17-31)28-40(48-56-6-3)38-26-33(13-7-9-22-50)37(15-8-10-23-51)43(44(38)46)39-27-36(20-21-41(39)58-46)57-35-14-11-12-32(25-35)30-52/h4,11-12,14,16-21,25-27,30,33,37,42-44,50-51H,1,5-10,13,15,22-24,28-29H2,2-3H3. The number of oxime groups is 1. The van der Waals surface area contributed by atoms with E-state index >= 15 is 0 Å². The van der Waals surface area contributed by atoms with Crippen molar-refractivity contribution in [3.63, 3.8) is 0 Å². The molecule has 1 amide bonds. The third-order valence-electron chi connectivity index (χ3n) is 11.3. The van der Waals surface area contributed by atoms with Crippen molar-refractivity contribution in [2.75, 3.05) is 33.0 Å². The highest BCUT2D eigenvalue weighted by Crippen LogP contribution is 2.62. The van der Waals surface area contributed by atoms with Crippen molar-refractivity contribution in [1.82, 2.24) is 4.90 Å². The van der Waals surface area contributed by atoms with Crippen LogP contribution in [0.4, 0.5) is 9.18 Å². The van der Waals surface area contributed by atoms with Crippen molar-refractivity contribution in [2.24, 2.45) is 22.9 Å². The second-order valence-electron chi connectivity index (χ2n) is 14.9. The fourth-order valence-corrected chi connectivity index (χ4v) is 8.94. The van der Waals surface area contributed by atoms with E-state index in [9.17, 15) is 24.2 Å². The number of fused-ring (bicyclic) bond motifs is 2. The molecule has 11 nitrogen and oxygen atoms in total. The molecule has 6 unspecified atom stereocenters. The van der Waals surface area contributed by atoms with Gasteiger partial charge < -0.3 is 34.0 Å². The number of allylic oxidation sites excluding steroid dienone is 1. The first-order valence-corrected chi connectivity index (χ1v) is 20.4. The Morgan fingerprint density at radius 1 is 1.00 bits per heavy atom. The summed E-state index contributed by atoms with van der Waals surface area (Å²) in [4.78, 5) is 33.3. The van der Waals surface area contributed by atoms with Crippen molar-refractivity contribution in [1.29, 1.82) is 0 Å². The summed E-state index contributed by atoms with van der Waals surface area (Å²) in [7, 11) is 0. The van der Waals surface area contributed by atoms with Gasteiger partial charge in [-0.3, -0.25) is 9.69 Å². The highest BCUT2D eigenvalue weighted by molar-refractivity contribution is 6.03. The minimum absolute atomic E-state index is 0.00206. The van der Waals surface area contributed by atoms with Gasteiger partial charge in [0, 0.05) is 43.2 Å². The molecule has 1 saturated carbocycles. The van der Waals surface area contributed by atoms with E-state index in [4.69, 9.17) is 28.9 Å². The number of unbranched alkanes of at least 4 members (excludes halogenated alkanes) is 2. The Morgan fingerprint density at radius 2 is 1.76 bits per heavy atom. The molecule has 1 heterocycles. The number of aliphatic hydroxyl groups is 2. The van der Waals surface area contributed by atoms with Gasteiger partial charge in [0.25, 0.3) is 0 Å². The quantitative estimate of drug-likeness (QED) is 0.0498. The highest BCUT2D eigenvalue weighted by atomic mass is 19.1. The second kappa shape index (κ2) is 20.1. The van der Waals surface area contributed by atoms with Gasteiger partial charge in [-0.25, -0.2) is 9.18 Å². The Hall–Kier alpha value is -5.04. The maximum Gasteiger partial charge on any atom is 0.410 e. The van der Waals surface area contributed by atoms with E-state index in [1.807, 2.05) is 25.1 Å². The van der Waals surface area contributed by atoms with Crippen molar-refractivity contribution < 1.29 is 48.0 Å². The van der Waals surface area contributed by atoms with Gasteiger partial charge in [-0.2, -0.15) is 0 Å². The molecular formula is C46H55FN2O9. The number of hydrogen-bond donors (Lipinski definition) is 2. The number of aldehydes is 1. The van der Waals surface area contributed by atoms with E-state index in [1.54, 1.807) is 54.3 Å². The van der Waals surface area contributed by atoms with Crippen molar-refractivity contribution >= 4 is 18.1 Å². The summed E-state index contributed by atoms with van der Waals surface area (Å²) in [5.41, 5.74) is 3.60. The fourth-order valence-electron chi connectivity index (χ4n) is 8.94. The SMILES string of the molecule is C=CCOC12Oc3ccc(Oc4cccc(C=O)c4)cc3C3C(CCCCO)C(CCCCO)C=C(C(=NOCC)CC1N(Cc1ccc(F)cc1)C(=O)OCC)C32. The van der Waals surface area contributed by atoms with Gasteiger partial charge in [0.1, 0.15) is 42.0 Å². The van der Waals surface area contributed by atoms with Gasteiger partial charge in [-0.15, -0.1) is 6.58 Å². The molecule has 0 radical (unpaired) electrons. The predicted octanol–water partition coefficient (Wildman–Crippen LogP) is 8.74. The van der Waals surface area contributed by atoms with Gasteiger partial charge in [-0.05, 0) is 105 Å². The minimum Gasteiger partial charge on any atom is -0.459 e. The third-order valence-corrected chi connectivity index (χ3v) is 11.3. The molecule has 2 N–H and O–H groups in total. The summed E-state index contributed by atoms with van der Waals surface area (Å²) < 4.78 is 40.5. The number of aliphatic hydroxyl groups excluding tert-OH is 2. The Bertz CT molecular complexity index is 1930. The lowest BCUT2D eigenvalue weighted by Crippen LogP contribution is -2.70. The van der Waals surface area contributed by atoms with Crippen molar-refractivity contribution in [3.05, 3.63) is 114 Å². The lowest BCUT2D eigenvalue weighted by atomic mass is 9.55. The number of rotatable bonds is 20. The van der Waals surface area contributed by atoms with E-state index in [1.165, 1.54) is 12.1 Å². The van der Waals surface area contributed by atoms with Crippen LogP contribution in [0.5, 0.6) is 17.2 Å². The number of carbonyl (C=O) groups is 2. The van der Waals surface area contributed by atoms with Crippen LogP contribution in [0.1, 0.15) is 86.2 Å².